The van der Waals surface area contributed by atoms with Crippen molar-refractivity contribution in [1.82, 2.24) is 14.8 Å². The molecule has 1 aromatic heterocycles. The van der Waals surface area contributed by atoms with E-state index in [4.69, 9.17) is 5.73 Å². The normalized spacial score (nSPS) is 12.9. The van der Waals surface area contributed by atoms with Crippen LogP contribution in [-0.2, 0) is 6.42 Å². The van der Waals surface area contributed by atoms with Crippen LogP contribution >= 0.6 is 0 Å². The number of aromatic hydroxyl groups is 1. The van der Waals surface area contributed by atoms with Crippen molar-refractivity contribution in [2.75, 3.05) is 0 Å². The average molecular weight is 260 g/mol. The topological polar surface area (TPSA) is 77.0 Å². The Balaban J connectivity index is 2.20. The van der Waals surface area contributed by atoms with Crippen molar-refractivity contribution in [3.05, 3.63) is 41.5 Å². The molecule has 1 heterocycles. The second-order valence-corrected chi connectivity index (χ2v) is 5.05. The molecule has 0 aliphatic rings. The lowest BCUT2D eigenvalue weighted by Crippen LogP contribution is -2.20. The largest absolute Gasteiger partial charge is 0.508 e. The first-order chi connectivity index (χ1) is 8.99. The molecule has 0 saturated carbocycles. The quantitative estimate of drug-likeness (QED) is 0.882. The van der Waals surface area contributed by atoms with E-state index >= 15 is 0 Å². The fourth-order valence-corrected chi connectivity index (χ4v) is 2.25. The van der Waals surface area contributed by atoms with Crippen molar-refractivity contribution in [2.24, 2.45) is 5.73 Å². The van der Waals surface area contributed by atoms with Gasteiger partial charge < -0.3 is 15.4 Å². The summed E-state index contributed by atoms with van der Waals surface area (Å²) in [5.74, 6) is 1.95. The molecule has 19 heavy (non-hydrogen) atoms. The number of phenolic OH excluding ortho intramolecular Hbond substituents is 1. The summed E-state index contributed by atoms with van der Waals surface area (Å²) in [6, 6.07) is 7.17. The molecule has 3 N–H and O–H groups in total. The lowest BCUT2D eigenvalue weighted by atomic mass is 10.1. The van der Waals surface area contributed by atoms with Gasteiger partial charge in [-0.15, -0.1) is 10.2 Å². The summed E-state index contributed by atoms with van der Waals surface area (Å²) in [5, 5.41) is 17.6. The second-order valence-electron chi connectivity index (χ2n) is 5.05. The first-order valence-corrected chi connectivity index (χ1v) is 6.44. The summed E-state index contributed by atoms with van der Waals surface area (Å²) in [6.45, 7) is 6.12. The number of nitrogens with two attached hydrogens (primary N) is 1. The van der Waals surface area contributed by atoms with Gasteiger partial charge in [0.15, 0.2) is 5.82 Å². The number of nitrogens with zero attached hydrogens (tertiary/aromatic N) is 3. The Morgan fingerprint density at radius 3 is 2.42 bits per heavy atom. The standard InChI is InChI=1S/C14H20N4O/c1-9(2)18-10(3)16-17-14(18)13(15)8-11-4-6-12(19)7-5-11/h4-7,9,13,19H,8,15H2,1-3H3. The summed E-state index contributed by atoms with van der Waals surface area (Å²) < 4.78 is 2.06. The van der Waals surface area contributed by atoms with E-state index in [-0.39, 0.29) is 17.8 Å². The third-order valence-corrected chi connectivity index (χ3v) is 3.13. The summed E-state index contributed by atoms with van der Waals surface area (Å²) in [4.78, 5) is 0. The molecule has 0 fully saturated rings. The predicted molar refractivity (Wildman–Crippen MR) is 73.9 cm³/mol. The maximum absolute atomic E-state index is 9.27. The third kappa shape index (κ3) is 2.93. The number of phenols is 1. The summed E-state index contributed by atoms with van der Waals surface area (Å²) in [7, 11) is 0. The predicted octanol–water partition coefficient (Wildman–Crippen LogP) is 2.12. The van der Waals surface area contributed by atoms with Crippen LogP contribution in [-0.4, -0.2) is 19.9 Å². The Morgan fingerprint density at radius 1 is 1.21 bits per heavy atom. The highest BCUT2D eigenvalue weighted by Crippen LogP contribution is 2.20. The minimum atomic E-state index is -0.201. The van der Waals surface area contributed by atoms with E-state index in [1.54, 1.807) is 12.1 Å². The van der Waals surface area contributed by atoms with Gasteiger partial charge in [0.25, 0.3) is 0 Å². The number of hydrogen-bond donors (Lipinski definition) is 2. The van der Waals surface area contributed by atoms with Gasteiger partial charge in [-0.1, -0.05) is 12.1 Å². The van der Waals surface area contributed by atoms with Crippen LogP contribution in [0.4, 0.5) is 0 Å². The second kappa shape index (κ2) is 5.40. The van der Waals surface area contributed by atoms with Crippen LogP contribution in [0, 0.1) is 6.92 Å². The number of aryl methyl sites for hydroxylation is 1. The lowest BCUT2D eigenvalue weighted by molar-refractivity contribution is 0.474. The average Bonchev–Trinajstić information content (AvgIpc) is 2.74. The maximum Gasteiger partial charge on any atom is 0.150 e. The van der Waals surface area contributed by atoms with Crippen LogP contribution in [0.5, 0.6) is 5.75 Å². The van der Waals surface area contributed by atoms with Crippen molar-refractivity contribution in [2.45, 2.75) is 39.3 Å². The first kappa shape index (κ1) is 13.5. The van der Waals surface area contributed by atoms with Gasteiger partial charge in [0.05, 0.1) is 6.04 Å². The fourth-order valence-electron chi connectivity index (χ4n) is 2.25. The van der Waals surface area contributed by atoms with Gasteiger partial charge in [0.2, 0.25) is 0 Å². The van der Waals surface area contributed by atoms with Crippen molar-refractivity contribution < 1.29 is 5.11 Å². The lowest BCUT2D eigenvalue weighted by Gasteiger charge is -2.17. The molecule has 1 atom stereocenters. The summed E-state index contributed by atoms with van der Waals surface area (Å²) in [5.41, 5.74) is 7.30. The van der Waals surface area contributed by atoms with Gasteiger partial charge in [-0.05, 0) is 44.9 Å². The van der Waals surface area contributed by atoms with E-state index in [9.17, 15) is 5.11 Å². The smallest absolute Gasteiger partial charge is 0.150 e. The molecule has 0 aliphatic carbocycles. The van der Waals surface area contributed by atoms with Gasteiger partial charge in [-0.2, -0.15) is 0 Å². The molecule has 1 aromatic carbocycles. The number of aromatic nitrogens is 3. The minimum Gasteiger partial charge on any atom is -0.508 e. The van der Waals surface area contributed by atoms with Crippen molar-refractivity contribution >= 4 is 0 Å². The Bertz CT molecular complexity index is 545. The SMILES string of the molecule is Cc1nnc(C(N)Cc2ccc(O)cc2)n1C(C)C. The summed E-state index contributed by atoms with van der Waals surface area (Å²) in [6.07, 6.45) is 0.672. The highest BCUT2D eigenvalue weighted by molar-refractivity contribution is 5.26. The van der Waals surface area contributed by atoms with Crippen molar-refractivity contribution in [1.29, 1.82) is 0 Å². The molecule has 5 nitrogen and oxygen atoms in total. The molecule has 2 aromatic rings. The van der Waals surface area contributed by atoms with E-state index in [0.29, 0.717) is 6.42 Å². The molecule has 0 saturated heterocycles. The monoisotopic (exact) mass is 260 g/mol. The van der Waals surface area contributed by atoms with E-state index in [1.807, 2.05) is 19.1 Å². The highest BCUT2D eigenvalue weighted by atomic mass is 16.3. The first-order valence-electron chi connectivity index (χ1n) is 6.44. The Hall–Kier alpha value is -1.88. The van der Waals surface area contributed by atoms with Crippen LogP contribution in [0.2, 0.25) is 0 Å². The van der Waals surface area contributed by atoms with Gasteiger partial charge in [0.1, 0.15) is 11.6 Å². The fraction of sp³-hybridized carbons (Fsp3) is 0.429. The minimum absolute atomic E-state index is 0.201. The zero-order chi connectivity index (χ0) is 14.0. The molecule has 0 spiro atoms. The van der Waals surface area contributed by atoms with Crippen molar-refractivity contribution in [3.63, 3.8) is 0 Å². The van der Waals surface area contributed by atoms with Gasteiger partial charge >= 0.3 is 0 Å². The van der Waals surface area contributed by atoms with Crippen LogP contribution < -0.4 is 5.73 Å². The molecule has 1 unspecified atom stereocenters. The van der Waals surface area contributed by atoms with Crippen LogP contribution in [0.15, 0.2) is 24.3 Å². The third-order valence-electron chi connectivity index (χ3n) is 3.13. The molecule has 0 amide bonds. The Kier molecular flexibility index (Phi) is 3.85. The molecular formula is C14H20N4O. The summed E-state index contributed by atoms with van der Waals surface area (Å²) >= 11 is 0. The van der Waals surface area contributed by atoms with Gasteiger partial charge in [0, 0.05) is 6.04 Å². The Labute approximate surface area is 113 Å². The molecule has 2 rings (SSSR count). The number of rotatable bonds is 4. The maximum atomic E-state index is 9.27. The number of hydrogen-bond acceptors (Lipinski definition) is 4. The molecule has 0 bridgehead atoms. The van der Waals surface area contributed by atoms with Crippen LogP contribution in [0.25, 0.3) is 0 Å². The van der Waals surface area contributed by atoms with E-state index < -0.39 is 0 Å². The molecule has 102 valence electrons. The van der Waals surface area contributed by atoms with E-state index in [0.717, 1.165) is 17.2 Å². The zero-order valence-corrected chi connectivity index (χ0v) is 11.5. The van der Waals surface area contributed by atoms with Crippen molar-refractivity contribution in [3.8, 4) is 5.75 Å². The molecule has 0 aliphatic heterocycles. The Morgan fingerprint density at radius 2 is 1.84 bits per heavy atom. The van der Waals surface area contributed by atoms with Crippen LogP contribution in [0.3, 0.4) is 0 Å². The highest BCUT2D eigenvalue weighted by Gasteiger charge is 2.18. The molecular weight excluding hydrogens is 240 g/mol. The molecule has 5 heteroatoms. The van der Waals surface area contributed by atoms with Gasteiger partial charge in [-0.25, -0.2) is 0 Å². The zero-order valence-electron chi connectivity index (χ0n) is 11.5. The van der Waals surface area contributed by atoms with Gasteiger partial charge in [-0.3, -0.25) is 0 Å². The molecule has 0 radical (unpaired) electrons. The van der Waals surface area contributed by atoms with Crippen LogP contribution in [0.1, 0.15) is 43.1 Å². The number of benzene rings is 1. The van der Waals surface area contributed by atoms with E-state index in [2.05, 4.69) is 28.6 Å². The van der Waals surface area contributed by atoms with E-state index in [1.165, 1.54) is 0 Å².